The molecule has 0 unspecified atom stereocenters. The highest BCUT2D eigenvalue weighted by Crippen LogP contribution is 2.51. The summed E-state index contributed by atoms with van der Waals surface area (Å²) >= 11 is 0. The lowest BCUT2D eigenvalue weighted by Gasteiger charge is -2.19. The van der Waals surface area contributed by atoms with Crippen molar-refractivity contribution in [2.45, 2.75) is 101 Å². The van der Waals surface area contributed by atoms with Crippen molar-refractivity contribution in [3.63, 3.8) is 0 Å². The summed E-state index contributed by atoms with van der Waals surface area (Å²) in [7, 11) is 0. The van der Waals surface area contributed by atoms with Crippen molar-refractivity contribution in [3.8, 4) is 0 Å². The first-order valence-electron chi connectivity index (χ1n) is 19.2. The van der Waals surface area contributed by atoms with E-state index >= 15 is 0 Å². The Labute approximate surface area is 316 Å². The Morgan fingerprint density at radius 2 is 0.981 bits per heavy atom. The van der Waals surface area contributed by atoms with Crippen LogP contribution in [0.4, 0.5) is 0 Å². The van der Waals surface area contributed by atoms with Crippen LogP contribution >= 0.6 is 0 Å². The molecule has 14 nitrogen and oxygen atoms in total. The van der Waals surface area contributed by atoms with Crippen LogP contribution in [0.3, 0.4) is 0 Å². The minimum Gasteiger partial charge on any atom is -0.460 e. The van der Waals surface area contributed by atoms with Gasteiger partial charge in [-0.3, -0.25) is 0 Å². The van der Waals surface area contributed by atoms with Gasteiger partial charge >= 0.3 is 23.9 Å². The summed E-state index contributed by atoms with van der Waals surface area (Å²) in [6.45, 7) is 14.8. The van der Waals surface area contributed by atoms with E-state index in [4.69, 9.17) is 47.4 Å². The summed E-state index contributed by atoms with van der Waals surface area (Å²) in [6.07, 6.45) is 7.70. The van der Waals surface area contributed by atoms with Crippen LogP contribution in [0.5, 0.6) is 0 Å². The van der Waals surface area contributed by atoms with E-state index in [9.17, 15) is 19.2 Å². The van der Waals surface area contributed by atoms with E-state index in [2.05, 4.69) is 13.2 Å². The van der Waals surface area contributed by atoms with Crippen molar-refractivity contribution in [2.24, 2.45) is 11.8 Å². The first-order valence-corrected chi connectivity index (χ1v) is 19.2. The second-order valence-corrected chi connectivity index (χ2v) is 15.0. The number of ether oxygens (including phenoxy) is 10. The van der Waals surface area contributed by atoms with Gasteiger partial charge in [-0.1, -0.05) is 25.3 Å². The molecule has 0 N–H and O–H groups in total. The number of hydrogen-bond donors (Lipinski definition) is 0. The van der Waals surface area contributed by atoms with Gasteiger partial charge in [-0.25, -0.2) is 19.2 Å². The maximum atomic E-state index is 12.8. The van der Waals surface area contributed by atoms with E-state index in [1.54, 1.807) is 0 Å². The van der Waals surface area contributed by atoms with Gasteiger partial charge in [0, 0.05) is 34.1 Å². The third kappa shape index (κ3) is 9.87. The van der Waals surface area contributed by atoms with Gasteiger partial charge in [-0.2, -0.15) is 0 Å². The summed E-state index contributed by atoms with van der Waals surface area (Å²) in [4.78, 5) is 49.9. The molecular formula is C40H54O14. The van der Waals surface area contributed by atoms with E-state index in [0.717, 1.165) is 12.8 Å². The Morgan fingerprint density at radius 3 is 1.35 bits per heavy atom. The topological polar surface area (TPSA) is 167 Å². The monoisotopic (exact) mass is 758 g/mol. The average molecular weight is 759 g/mol. The smallest absolute Gasteiger partial charge is 0.334 e. The Morgan fingerprint density at radius 1 is 0.630 bits per heavy atom. The molecule has 0 aromatic rings. The molecule has 0 radical (unpaired) electrons. The zero-order valence-electron chi connectivity index (χ0n) is 31.5. The molecule has 0 aromatic heterocycles. The van der Waals surface area contributed by atoms with Crippen LogP contribution in [0.15, 0.2) is 47.6 Å². The number of carbonyl (C=O) groups excluding carboxylic acids is 4. The van der Waals surface area contributed by atoms with Gasteiger partial charge in [0.1, 0.15) is 37.6 Å². The summed E-state index contributed by atoms with van der Waals surface area (Å²) < 4.78 is 56.0. The largest absolute Gasteiger partial charge is 0.460 e. The van der Waals surface area contributed by atoms with E-state index in [1.165, 1.54) is 0 Å². The Kier molecular flexibility index (Phi) is 13.4. The predicted octanol–water partition coefficient (Wildman–Crippen LogP) is 3.65. The Hall–Kier alpha value is -3.40. The number of allylic oxidation sites excluding steroid dienone is 2. The quantitative estimate of drug-likeness (QED) is 0.0693. The van der Waals surface area contributed by atoms with Gasteiger partial charge in [-0.15, -0.1) is 0 Å². The zero-order valence-corrected chi connectivity index (χ0v) is 31.5. The van der Waals surface area contributed by atoms with Crippen LogP contribution in [-0.2, 0) is 66.5 Å². The zero-order chi connectivity index (χ0) is 38.3. The molecular weight excluding hydrogens is 704 g/mol. The summed E-state index contributed by atoms with van der Waals surface area (Å²) in [5.74, 6) is -1.90. The van der Waals surface area contributed by atoms with Gasteiger partial charge in [0.05, 0.1) is 64.1 Å². The molecule has 14 heteroatoms. The molecule has 8 atom stereocenters. The highest BCUT2D eigenvalue weighted by molar-refractivity contribution is 5.92. The van der Waals surface area contributed by atoms with Crippen molar-refractivity contribution in [1.82, 2.24) is 0 Å². The Bertz CT molecular complexity index is 1390. The van der Waals surface area contributed by atoms with Crippen molar-refractivity contribution < 1.29 is 66.5 Å². The summed E-state index contributed by atoms with van der Waals surface area (Å²) in [6, 6.07) is 0. The van der Waals surface area contributed by atoms with E-state index in [1.807, 2.05) is 26.0 Å². The maximum Gasteiger partial charge on any atom is 0.334 e. The third-order valence-corrected chi connectivity index (χ3v) is 11.3. The molecule has 0 bridgehead atoms. The van der Waals surface area contributed by atoms with Crippen LogP contribution in [0.2, 0.25) is 0 Å². The van der Waals surface area contributed by atoms with Crippen LogP contribution in [0.1, 0.15) is 65.2 Å². The number of hydrogen-bond acceptors (Lipinski definition) is 14. The minimum atomic E-state index is -0.386. The molecule has 0 spiro atoms. The molecule has 0 aromatic carbocycles. The van der Waals surface area contributed by atoms with Crippen LogP contribution in [0.25, 0.3) is 0 Å². The number of fused-ring (bicyclic) bond motifs is 6. The van der Waals surface area contributed by atoms with Crippen molar-refractivity contribution >= 4 is 23.9 Å². The van der Waals surface area contributed by atoms with Gasteiger partial charge in [-0.05, 0) is 65.2 Å². The van der Waals surface area contributed by atoms with Crippen LogP contribution in [-0.4, -0.2) is 126 Å². The normalized spacial score (nSPS) is 35.1. The second-order valence-electron chi connectivity index (χ2n) is 15.0. The standard InChI is InChI=1S/C40H54O14/c1-25-29-11-9-27(7-5-13-39(3)33(53-39)31(29)51-35(25)41)37(43)49-23-21-47-19-17-45-15-16-46-18-20-48-22-24-50-38(44)28-8-6-14-40(4)34(54-40)32-30(12-10-28)26(2)36(42)52-32/h7-8,29-34H,1-2,5-6,9-24H2,3-4H3/b27-7+,28-8+/t29-,30-,31-,32-,33-,34-,39+,40+/m0/s1. The fraction of sp³-hybridized carbons (Fsp3) is 0.700. The fourth-order valence-corrected chi connectivity index (χ4v) is 7.82. The van der Waals surface area contributed by atoms with E-state index in [0.29, 0.717) is 100 Å². The number of esters is 4. The van der Waals surface area contributed by atoms with Gasteiger partial charge in [0.15, 0.2) is 0 Å². The average Bonchev–Trinajstić information content (AvgIpc) is 3.96. The maximum absolute atomic E-state index is 12.8. The van der Waals surface area contributed by atoms with Gasteiger partial charge in [0.2, 0.25) is 0 Å². The third-order valence-electron chi connectivity index (χ3n) is 11.3. The first kappa shape index (κ1) is 40.3. The van der Waals surface area contributed by atoms with Crippen molar-refractivity contribution in [1.29, 1.82) is 0 Å². The lowest BCUT2D eigenvalue weighted by molar-refractivity contribution is -0.142. The molecule has 4 saturated heterocycles. The fourth-order valence-electron chi connectivity index (χ4n) is 7.82. The molecule has 6 rings (SSSR count). The second kappa shape index (κ2) is 18.0. The molecule has 4 fully saturated rings. The molecule has 298 valence electrons. The summed E-state index contributed by atoms with van der Waals surface area (Å²) in [5, 5.41) is 0. The lowest BCUT2D eigenvalue weighted by Crippen LogP contribution is -2.29. The lowest BCUT2D eigenvalue weighted by atomic mass is 9.84. The van der Waals surface area contributed by atoms with Gasteiger partial charge in [0.25, 0.3) is 0 Å². The summed E-state index contributed by atoms with van der Waals surface area (Å²) in [5.41, 5.74) is 1.31. The number of carbonyl (C=O) groups is 4. The SMILES string of the molecule is C=C1C(=O)O[C@H]2[C@H]1CC/C(C(=O)OCCOCCOCCOCCOCCOC(=O)/C1=C/CC[C@@]3(C)O[C@H]3[C@H]3OC(=O)C(=C)[C@@H]3CC1)=C\CC[C@@]1(C)O[C@@H]21. The van der Waals surface area contributed by atoms with Crippen molar-refractivity contribution in [3.05, 3.63) is 47.6 Å². The number of epoxide rings is 2. The Balaban J connectivity index is 0.748. The number of rotatable bonds is 17. The van der Waals surface area contributed by atoms with Crippen LogP contribution in [0, 0.1) is 11.8 Å². The van der Waals surface area contributed by atoms with Crippen LogP contribution < -0.4 is 0 Å². The van der Waals surface area contributed by atoms with E-state index in [-0.39, 0.29) is 97.8 Å². The molecule has 0 amide bonds. The molecule has 4 aliphatic heterocycles. The molecule has 0 saturated carbocycles. The molecule has 4 heterocycles. The highest BCUT2D eigenvalue weighted by atomic mass is 16.7. The molecule has 6 aliphatic rings. The highest BCUT2D eigenvalue weighted by Gasteiger charge is 2.62. The molecule has 54 heavy (non-hydrogen) atoms. The van der Waals surface area contributed by atoms with Gasteiger partial charge < -0.3 is 47.4 Å². The van der Waals surface area contributed by atoms with Crippen molar-refractivity contribution in [2.75, 3.05) is 66.1 Å². The molecule has 2 aliphatic carbocycles. The van der Waals surface area contributed by atoms with E-state index < -0.39 is 0 Å². The first-order chi connectivity index (χ1) is 26.0. The minimum absolute atomic E-state index is 0.117. The predicted molar refractivity (Wildman–Crippen MR) is 190 cm³/mol.